The smallest absolute Gasteiger partial charge is 0.153 e. The van der Waals surface area contributed by atoms with Crippen molar-refractivity contribution in [1.29, 1.82) is 0 Å². The topological polar surface area (TPSA) is 46.0 Å². The highest BCUT2D eigenvalue weighted by atomic mass is 15.3. The monoisotopic (exact) mass is 401 g/mol. The molecule has 2 aliphatic rings. The third kappa shape index (κ3) is 4.32. The number of fused-ring (bicyclic) bond motifs is 1. The second kappa shape index (κ2) is 9.11. The highest BCUT2D eigenvalue weighted by Gasteiger charge is 2.28. The van der Waals surface area contributed by atoms with Gasteiger partial charge >= 0.3 is 0 Å². The molecule has 0 unspecified atom stereocenters. The molecule has 1 saturated heterocycles. The molecule has 0 saturated carbocycles. The molecule has 5 nitrogen and oxygen atoms in total. The second-order valence-electron chi connectivity index (χ2n) is 8.61. The fraction of sp³-hybridized carbons (Fsp3) is 0.440. The van der Waals surface area contributed by atoms with E-state index in [4.69, 9.17) is 0 Å². The Morgan fingerprint density at radius 3 is 2.60 bits per heavy atom. The third-order valence-corrected chi connectivity index (χ3v) is 6.63. The molecule has 1 atom stereocenters. The highest BCUT2D eigenvalue weighted by molar-refractivity contribution is 5.32. The van der Waals surface area contributed by atoms with Gasteiger partial charge in [0, 0.05) is 30.4 Å². The van der Waals surface area contributed by atoms with Crippen molar-refractivity contribution in [2.75, 3.05) is 19.6 Å². The van der Waals surface area contributed by atoms with Crippen LogP contribution < -0.4 is 5.32 Å². The van der Waals surface area contributed by atoms with Gasteiger partial charge in [-0.05, 0) is 69.3 Å². The third-order valence-electron chi connectivity index (χ3n) is 6.63. The van der Waals surface area contributed by atoms with Crippen molar-refractivity contribution in [2.24, 2.45) is 0 Å². The van der Waals surface area contributed by atoms with Gasteiger partial charge in [0.05, 0.1) is 11.9 Å². The van der Waals surface area contributed by atoms with Crippen LogP contribution in [0.15, 0.2) is 60.9 Å². The Balaban J connectivity index is 1.17. The number of hydrogen-bond acceptors (Lipinski definition) is 4. The van der Waals surface area contributed by atoms with E-state index in [1.165, 1.54) is 62.1 Å². The van der Waals surface area contributed by atoms with Crippen molar-refractivity contribution in [3.8, 4) is 5.82 Å². The van der Waals surface area contributed by atoms with E-state index in [0.29, 0.717) is 12.1 Å². The molecule has 5 heteroatoms. The molecule has 3 aromatic rings. The van der Waals surface area contributed by atoms with Crippen LogP contribution in [0, 0.1) is 0 Å². The number of aromatic nitrogens is 3. The predicted octanol–water partition coefficient (Wildman–Crippen LogP) is 3.94. The van der Waals surface area contributed by atoms with Crippen molar-refractivity contribution in [3.05, 3.63) is 77.7 Å². The van der Waals surface area contributed by atoms with Crippen molar-refractivity contribution in [3.63, 3.8) is 0 Å². The molecule has 1 aliphatic carbocycles. The highest BCUT2D eigenvalue weighted by Crippen LogP contribution is 2.32. The van der Waals surface area contributed by atoms with Crippen LogP contribution >= 0.6 is 0 Å². The molecule has 0 spiro atoms. The molecule has 5 rings (SSSR count). The number of benzene rings is 1. The lowest BCUT2D eigenvalue weighted by molar-refractivity contribution is 0.190. The van der Waals surface area contributed by atoms with Gasteiger partial charge in [0.2, 0.25) is 0 Å². The summed E-state index contributed by atoms with van der Waals surface area (Å²) in [6, 6.07) is 17.9. The number of nitrogens with one attached hydrogen (secondary N) is 1. The summed E-state index contributed by atoms with van der Waals surface area (Å²) in [6.07, 6.45) is 11.0. The number of rotatable bonds is 6. The first kappa shape index (κ1) is 19.5. The minimum absolute atomic E-state index is 0.423. The van der Waals surface area contributed by atoms with E-state index in [2.05, 4.69) is 56.8 Å². The van der Waals surface area contributed by atoms with E-state index >= 15 is 0 Å². The molecule has 156 valence electrons. The minimum Gasteiger partial charge on any atom is -0.307 e. The van der Waals surface area contributed by atoms with Gasteiger partial charge in [0.25, 0.3) is 0 Å². The van der Waals surface area contributed by atoms with Crippen LogP contribution in [-0.4, -0.2) is 45.3 Å². The number of nitrogens with zero attached hydrogens (tertiary/aromatic N) is 4. The Kier molecular flexibility index (Phi) is 5.91. The molecule has 1 fully saturated rings. The van der Waals surface area contributed by atoms with Crippen LogP contribution in [0.5, 0.6) is 0 Å². The van der Waals surface area contributed by atoms with Crippen LogP contribution in [0.2, 0.25) is 0 Å². The summed E-state index contributed by atoms with van der Waals surface area (Å²) in [5.41, 5.74) is 4.15. The van der Waals surface area contributed by atoms with Crippen molar-refractivity contribution >= 4 is 0 Å². The molecule has 30 heavy (non-hydrogen) atoms. The van der Waals surface area contributed by atoms with Gasteiger partial charge in [0.1, 0.15) is 0 Å². The summed E-state index contributed by atoms with van der Waals surface area (Å²) in [6.45, 7) is 3.55. The molecule has 1 N–H and O–H groups in total. The summed E-state index contributed by atoms with van der Waals surface area (Å²) in [5, 5.41) is 8.66. The van der Waals surface area contributed by atoms with Gasteiger partial charge in [-0.2, -0.15) is 5.10 Å². The van der Waals surface area contributed by atoms with Crippen LogP contribution in [0.1, 0.15) is 48.5 Å². The van der Waals surface area contributed by atoms with Gasteiger partial charge in [-0.15, -0.1) is 0 Å². The summed E-state index contributed by atoms with van der Waals surface area (Å²) in [7, 11) is 0. The van der Waals surface area contributed by atoms with Gasteiger partial charge < -0.3 is 10.2 Å². The molecule has 0 bridgehead atoms. The molecular formula is C25H31N5. The molecular weight excluding hydrogens is 370 g/mol. The lowest BCUT2D eigenvalue weighted by atomic mass is 9.91. The maximum absolute atomic E-state index is 4.68. The van der Waals surface area contributed by atoms with E-state index < -0.39 is 0 Å². The van der Waals surface area contributed by atoms with E-state index in [0.717, 1.165) is 18.7 Å². The number of likely N-dealkylation sites (tertiary alicyclic amines) is 1. The average molecular weight is 402 g/mol. The van der Waals surface area contributed by atoms with Gasteiger partial charge in [0.15, 0.2) is 5.82 Å². The number of hydrogen-bond donors (Lipinski definition) is 1. The zero-order chi connectivity index (χ0) is 20.2. The fourth-order valence-corrected chi connectivity index (χ4v) is 4.95. The van der Waals surface area contributed by atoms with E-state index in [-0.39, 0.29) is 0 Å². The normalized spacial score (nSPS) is 20.2. The zero-order valence-electron chi connectivity index (χ0n) is 17.6. The van der Waals surface area contributed by atoms with Crippen LogP contribution in [0.25, 0.3) is 5.82 Å². The molecule has 2 aromatic heterocycles. The Labute approximate surface area is 179 Å². The van der Waals surface area contributed by atoms with E-state index in [1.807, 2.05) is 29.1 Å². The minimum atomic E-state index is 0.423. The lowest BCUT2D eigenvalue weighted by Crippen LogP contribution is -2.44. The standard InChI is InChI=1S/C25H31N5/c1-2-7-20(8-3-1)12-16-29-17-13-21(14-18-29)28-23-9-6-10-24-22(23)19-27-30(24)25-11-4-5-15-26-25/h1-5,7-8,11,15,19,21,23,28H,6,9-10,12-14,16-18H2/t23-/m1/s1. The first-order valence-corrected chi connectivity index (χ1v) is 11.4. The van der Waals surface area contributed by atoms with Crippen molar-refractivity contribution in [1.82, 2.24) is 25.0 Å². The largest absolute Gasteiger partial charge is 0.307 e. The van der Waals surface area contributed by atoms with Crippen molar-refractivity contribution < 1.29 is 0 Å². The van der Waals surface area contributed by atoms with E-state index in [1.54, 1.807) is 0 Å². The van der Waals surface area contributed by atoms with Crippen LogP contribution in [-0.2, 0) is 12.8 Å². The SMILES string of the molecule is c1ccc(CCN2CCC(N[C@@H]3CCCc4c3cnn4-c3ccccn3)CC2)cc1. The molecule has 3 heterocycles. The molecule has 0 radical (unpaired) electrons. The fourth-order valence-electron chi connectivity index (χ4n) is 4.95. The summed E-state index contributed by atoms with van der Waals surface area (Å²) >= 11 is 0. The Bertz CT molecular complexity index is 929. The summed E-state index contributed by atoms with van der Waals surface area (Å²) in [5.74, 6) is 0.922. The second-order valence-corrected chi connectivity index (χ2v) is 8.61. The Hall–Kier alpha value is -2.50. The number of pyridine rings is 1. The Morgan fingerprint density at radius 1 is 0.967 bits per heavy atom. The molecule has 1 aromatic carbocycles. The van der Waals surface area contributed by atoms with Gasteiger partial charge in [-0.1, -0.05) is 36.4 Å². The predicted molar refractivity (Wildman–Crippen MR) is 120 cm³/mol. The van der Waals surface area contributed by atoms with Crippen molar-refractivity contribution in [2.45, 2.75) is 50.6 Å². The van der Waals surface area contributed by atoms with Gasteiger partial charge in [-0.25, -0.2) is 9.67 Å². The molecule has 0 amide bonds. The van der Waals surface area contributed by atoms with E-state index in [9.17, 15) is 0 Å². The Morgan fingerprint density at radius 2 is 1.80 bits per heavy atom. The quantitative estimate of drug-likeness (QED) is 0.680. The lowest BCUT2D eigenvalue weighted by Gasteiger charge is -2.35. The summed E-state index contributed by atoms with van der Waals surface area (Å²) in [4.78, 5) is 7.11. The van der Waals surface area contributed by atoms with Crippen LogP contribution in [0.3, 0.4) is 0 Å². The zero-order valence-corrected chi connectivity index (χ0v) is 17.6. The first-order chi connectivity index (χ1) is 14.9. The van der Waals surface area contributed by atoms with Gasteiger partial charge in [-0.3, -0.25) is 0 Å². The maximum Gasteiger partial charge on any atom is 0.153 e. The average Bonchev–Trinajstić information content (AvgIpc) is 3.25. The summed E-state index contributed by atoms with van der Waals surface area (Å²) < 4.78 is 2.04. The van der Waals surface area contributed by atoms with Crippen LogP contribution in [0.4, 0.5) is 0 Å². The maximum atomic E-state index is 4.68. The molecule has 1 aliphatic heterocycles. The number of piperidine rings is 1. The first-order valence-electron chi connectivity index (χ1n) is 11.4.